The molecule has 0 spiro atoms. The van der Waals surface area contributed by atoms with Crippen molar-refractivity contribution < 1.29 is 0 Å². The summed E-state index contributed by atoms with van der Waals surface area (Å²) in [5.41, 5.74) is 0. The summed E-state index contributed by atoms with van der Waals surface area (Å²) in [6.07, 6.45) is 3.47. The monoisotopic (exact) mass is 283 g/mol. The number of nitrogens with zero attached hydrogens (tertiary/aromatic N) is 2. The molecule has 2 rings (SSSR count). The Morgan fingerprint density at radius 3 is 2.73 bits per heavy atom. The molecule has 0 amide bonds. The second-order valence-corrected chi connectivity index (χ2v) is 5.00. The molecule has 0 saturated heterocycles. The molecule has 0 aromatic carbocycles. The van der Waals surface area contributed by atoms with E-state index in [2.05, 4.69) is 49.6 Å². The number of aromatic nitrogens is 2. The highest BCUT2D eigenvalue weighted by Crippen LogP contribution is 2.21. The van der Waals surface area contributed by atoms with Crippen molar-refractivity contribution in [2.45, 2.75) is 13.0 Å². The predicted molar refractivity (Wildman–Crippen MR) is 66.1 cm³/mol. The van der Waals surface area contributed by atoms with Crippen molar-refractivity contribution in [3.05, 3.63) is 39.3 Å². The van der Waals surface area contributed by atoms with Gasteiger partial charge < -0.3 is 5.32 Å². The maximum atomic E-state index is 4.16. The summed E-state index contributed by atoms with van der Waals surface area (Å²) >= 11 is 5.03. The Balaban J connectivity index is 2.06. The first kappa shape index (κ1) is 10.6. The summed E-state index contributed by atoms with van der Waals surface area (Å²) in [4.78, 5) is 9.61. The van der Waals surface area contributed by atoms with E-state index in [-0.39, 0.29) is 6.04 Å². The molecule has 3 nitrogen and oxygen atoms in total. The van der Waals surface area contributed by atoms with E-state index in [1.54, 1.807) is 23.7 Å². The van der Waals surface area contributed by atoms with E-state index >= 15 is 0 Å². The third-order valence-corrected chi connectivity index (χ3v) is 3.40. The maximum absolute atomic E-state index is 4.16. The van der Waals surface area contributed by atoms with Gasteiger partial charge in [-0.05, 0) is 34.3 Å². The van der Waals surface area contributed by atoms with Crippen LogP contribution in [0, 0.1) is 0 Å². The fraction of sp³-hybridized carbons (Fsp3) is 0.200. The van der Waals surface area contributed by atoms with Crippen LogP contribution in [0.3, 0.4) is 0 Å². The molecule has 0 radical (unpaired) electrons. The first-order valence-electron chi connectivity index (χ1n) is 4.53. The summed E-state index contributed by atoms with van der Waals surface area (Å²) in [6, 6.07) is 4.38. The normalized spacial score (nSPS) is 12.4. The number of thiophene rings is 1. The fourth-order valence-electron chi connectivity index (χ4n) is 1.19. The van der Waals surface area contributed by atoms with Crippen molar-refractivity contribution >= 4 is 33.2 Å². The van der Waals surface area contributed by atoms with Gasteiger partial charge in [0.1, 0.15) is 0 Å². The Morgan fingerprint density at radius 2 is 2.13 bits per heavy atom. The van der Waals surface area contributed by atoms with Gasteiger partial charge in [-0.15, -0.1) is 11.3 Å². The van der Waals surface area contributed by atoms with Crippen molar-refractivity contribution in [2.75, 3.05) is 5.32 Å². The van der Waals surface area contributed by atoms with Crippen LogP contribution in [0.2, 0.25) is 0 Å². The van der Waals surface area contributed by atoms with Gasteiger partial charge in [0.05, 0.1) is 10.5 Å². The van der Waals surface area contributed by atoms with Gasteiger partial charge in [-0.2, -0.15) is 0 Å². The van der Waals surface area contributed by atoms with Crippen molar-refractivity contribution in [3.8, 4) is 0 Å². The molecule has 0 bridgehead atoms. The Bertz CT molecular complexity index is 413. The Morgan fingerprint density at radius 1 is 1.40 bits per heavy atom. The standard InChI is InChI=1S/C10H10BrN3S/c1-7(9-3-2-4-15-9)14-10-12-5-8(11)6-13-10/h2-7H,1H3,(H,12,13,14). The van der Waals surface area contributed by atoms with E-state index in [0.29, 0.717) is 5.95 Å². The number of nitrogens with one attached hydrogen (secondary N) is 1. The Hall–Kier alpha value is -0.940. The summed E-state index contributed by atoms with van der Waals surface area (Å²) in [6.45, 7) is 2.09. The van der Waals surface area contributed by atoms with E-state index in [9.17, 15) is 0 Å². The molecule has 0 aliphatic heterocycles. The van der Waals surface area contributed by atoms with E-state index in [4.69, 9.17) is 0 Å². The average molecular weight is 284 g/mol. The predicted octanol–water partition coefficient (Wildman–Crippen LogP) is 3.47. The van der Waals surface area contributed by atoms with Gasteiger partial charge in [0.15, 0.2) is 0 Å². The topological polar surface area (TPSA) is 37.8 Å². The van der Waals surface area contributed by atoms with Crippen molar-refractivity contribution in [2.24, 2.45) is 0 Å². The minimum Gasteiger partial charge on any atom is -0.347 e. The number of hydrogen-bond acceptors (Lipinski definition) is 4. The highest BCUT2D eigenvalue weighted by atomic mass is 79.9. The van der Waals surface area contributed by atoms with Crippen LogP contribution in [0.1, 0.15) is 17.8 Å². The molecule has 2 aromatic rings. The zero-order chi connectivity index (χ0) is 10.7. The molecule has 1 atom stereocenters. The van der Waals surface area contributed by atoms with E-state index in [1.165, 1.54) is 4.88 Å². The van der Waals surface area contributed by atoms with Crippen molar-refractivity contribution in [1.82, 2.24) is 9.97 Å². The van der Waals surface area contributed by atoms with Crippen LogP contribution in [0.15, 0.2) is 34.4 Å². The smallest absolute Gasteiger partial charge is 0.223 e. The molecule has 78 valence electrons. The third kappa shape index (κ3) is 2.76. The van der Waals surface area contributed by atoms with Gasteiger partial charge >= 0.3 is 0 Å². The minimum atomic E-state index is 0.242. The van der Waals surface area contributed by atoms with E-state index in [1.807, 2.05) is 6.07 Å². The third-order valence-electron chi connectivity index (χ3n) is 1.94. The Kier molecular flexibility index (Phi) is 3.33. The van der Waals surface area contributed by atoms with E-state index in [0.717, 1.165) is 4.47 Å². The first-order valence-corrected chi connectivity index (χ1v) is 6.20. The number of hydrogen-bond donors (Lipinski definition) is 1. The van der Waals surface area contributed by atoms with Crippen LogP contribution in [0.25, 0.3) is 0 Å². The van der Waals surface area contributed by atoms with Gasteiger partial charge in [-0.1, -0.05) is 6.07 Å². The van der Waals surface area contributed by atoms with Gasteiger partial charge in [0.25, 0.3) is 0 Å². The van der Waals surface area contributed by atoms with Crippen LogP contribution >= 0.6 is 27.3 Å². The maximum Gasteiger partial charge on any atom is 0.223 e. The molecule has 1 unspecified atom stereocenters. The summed E-state index contributed by atoms with van der Waals surface area (Å²) < 4.78 is 0.886. The molecular weight excluding hydrogens is 274 g/mol. The molecule has 0 aliphatic carbocycles. The number of halogens is 1. The van der Waals surface area contributed by atoms with Gasteiger partial charge in [-0.25, -0.2) is 9.97 Å². The molecule has 2 heterocycles. The first-order chi connectivity index (χ1) is 7.25. The van der Waals surface area contributed by atoms with Gasteiger partial charge in [0.2, 0.25) is 5.95 Å². The fourth-order valence-corrected chi connectivity index (χ4v) is 2.13. The summed E-state index contributed by atoms with van der Waals surface area (Å²) in [5, 5.41) is 5.30. The molecule has 15 heavy (non-hydrogen) atoms. The largest absolute Gasteiger partial charge is 0.347 e. The number of rotatable bonds is 3. The highest BCUT2D eigenvalue weighted by Gasteiger charge is 2.06. The SMILES string of the molecule is CC(Nc1ncc(Br)cn1)c1cccs1. The lowest BCUT2D eigenvalue weighted by Crippen LogP contribution is -2.07. The van der Waals surface area contributed by atoms with Crippen molar-refractivity contribution in [3.63, 3.8) is 0 Å². The van der Waals surface area contributed by atoms with Crippen LogP contribution in [-0.2, 0) is 0 Å². The minimum absolute atomic E-state index is 0.242. The molecule has 0 fully saturated rings. The zero-order valence-electron chi connectivity index (χ0n) is 8.14. The van der Waals surface area contributed by atoms with Crippen LogP contribution in [-0.4, -0.2) is 9.97 Å². The second-order valence-electron chi connectivity index (χ2n) is 3.11. The molecule has 2 aromatic heterocycles. The quantitative estimate of drug-likeness (QED) is 0.937. The van der Waals surface area contributed by atoms with Gasteiger partial charge in [0, 0.05) is 17.3 Å². The lowest BCUT2D eigenvalue weighted by atomic mass is 10.3. The van der Waals surface area contributed by atoms with Gasteiger partial charge in [-0.3, -0.25) is 0 Å². The molecule has 0 aliphatic rings. The van der Waals surface area contributed by atoms with Crippen LogP contribution in [0.5, 0.6) is 0 Å². The average Bonchev–Trinajstić information content (AvgIpc) is 2.74. The van der Waals surface area contributed by atoms with Crippen molar-refractivity contribution in [1.29, 1.82) is 0 Å². The lowest BCUT2D eigenvalue weighted by molar-refractivity contribution is 0.879. The van der Waals surface area contributed by atoms with E-state index < -0.39 is 0 Å². The molecule has 1 N–H and O–H groups in total. The molecular formula is C10H10BrN3S. The lowest BCUT2D eigenvalue weighted by Gasteiger charge is -2.11. The Labute approximate surface area is 101 Å². The zero-order valence-corrected chi connectivity index (χ0v) is 10.5. The summed E-state index contributed by atoms with van der Waals surface area (Å²) in [5.74, 6) is 0.652. The highest BCUT2D eigenvalue weighted by molar-refractivity contribution is 9.10. The van der Waals surface area contributed by atoms with Crippen LogP contribution < -0.4 is 5.32 Å². The second kappa shape index (κ2) is 4.72. The van der Waals surface area contributed by atoms with Crippen LogP contribution in [0.4, 0.5) is 5.95 Å². The molecule has 0 saturated carbocycles. The molecule has 5 heteroatoms. The number of anilines is 1. The summed E-state index contributed by atoms with van der Waals surface area (Å²) in [7, 11) is 0.